The summed E-state index contributed by atoms with van der Waals surface area (Å²) in [6, 6.07) is 7.68. The molecular formula is C23H34N2O4S. The van der Waals surface area contributed by atoms with Crippen LogP contribution in [0.15, 0.2) is 28.7 Å². The Kier molecular flexibility index (Phi) is 9.24. The lowest BCUT2D eigenvalue weighted by Gasteiger charge is -2.20. The van der Waals surface area contributed by atoms with E-state index in [1.807, 2.05) is 31.2 Å². The van der Waals surface area contributed by atoms with E-state index in [2.05, 4.69) is 23.7 Å². The highest BCUT2D eigenvalue weighted by atomic mass is 32.2. The van der Waals surface area contributed by atoms with E-state index in [0.29, 0.717) is 23.8 Å². The highest BCUT2D eigenvalue weighted by Gasteiger charge is 2.22. The zero-order valence-corrected chi connectivity index (χ0v) is 19.4. The number of carbonyl (C=O) groups is 1. The summed E-state index contributed by atoms with van der Waals surface area (Å²) >= 11 is 0. The molecule has 0 amide bonds. The number of nitrogens with zero attached hydrogens (tertiary/aromatic N) is 2. The zero-order chi connectivity index (χ0) is 22.1. The van der Waals surface area contributed by atoms with Crippen molar-refractivity contribution in [2.75, 3.05) is 25.4 Å². The number of aryl methyl sites for hydroxylation is 2. The maximum Gasteiger partial charge on any atom is 0.226 e. The predicted octanol–water partition coefficient (Wildman–Crippen LogP) is 4.34. The Labute approximate surface area is 180 Å². The molecule has 0 saturated heterocycles. The van der Waals surface area contributed by atoms with Crippen molar-refractivity contribution in [1.82, 2.24) is 9.88 Å². The third-order valence-corrected chi connectivity index (χ3v) is 6.41. The van der Waals surface area contributed by atoms with Crippen molar-refractivity contribution >= 4 is 15.6 Å². The molecule has 0 atom stereocenters. The Balaban J connectivity index is 1.91. The van der Waals surface area contributed by atoms with Crippen LogP contribution in [0.3, 0.4) is 0 Å². The van der Waals surface area contributed by atoms with Crippen LogP contribution in [0.1, 0.15) is 56.5 Å². The highest BCUT2D eigenvalue weighted by Crippen LogP contribution is 2.23. The third-order valence-electron chi connectivity index (χ3n) is 4.94. The topological polar surface area (TPSA) is 80.5 Å². The van der Waals surface area contributed by atoms with Crippen LogP contribution in [0.4, 0.5) is 0 Å². The van der Waals surface area contributed by atoms with Crippen molar-refractivity contribution in [1.29, 1.82) is 0 Å². The summed E-state index contributed by atoms with van der Waals surface area (Å²) in [5.74, 6) is -0.0893. The number of ketones is 1. The molecule has 30 heavy (non-hydrogen) atoms. The van der Waals surface area contributed by atoms with Gasteiger partial charge in [-0.2, -0.15) is 0 Å². The number of aromatic nitrogens is 1. The first kappa shape index (κ1) is 24.3. The lowest BCUT2D eigenvalue weighted by atomic mass is 10.1. The van der Waals surface area contributed by atoms with E-state index in [-0.39, 0.29) is 18.0 Å². The van der Waals surface area contributed by atoms with Crippen LogP contribution in [-0.2, 0) is 20.4 Å². The fourth-order valence-electron chi connectivity index (χ4n) is 3.43. The standard InChI is InChI=1S/C23H34N2O4S/c1-5-13-25(14-6-2)15-7-8-21(26)16-30(27,28)17-22-19(4)29-23(24-22)20-11-9-18(3)10-12-20/h9-12H,5-8,13-17H2,1-4H3. The van der Waals surface area contributed by atoms with Crippen molar-refractivity contribution in [2.45, 2.75) is 59.1 Å². The minimum Gasteiger partial charge on any atom is -0.441 e. The van der Waals surface area contributed by atoms with Gasteiger partial charge in [-0.05, 0) is 64.9 Å². The zero-order valence-electron chi connectivity index (χ0n) is 18.6. The molecule has 0 aliphatic rings. The lowest BCUT2D eigenvalue weighted by Crippen LogP contribution is -2.27. The molecule has 0 aliphatic carbocycles. The fourth-order valence-corrected chi connectivity index (χ4v) is 4.85. The SMILES string of the molecule is CCCN(CCC)CCCC(=O)CS(=O)(=O)Cc1nc(-c2ccc(C)cc2)oc1C. The number of carbonyl (C=O) groups excluding carboxylic acids is 1. The molecule has 0 spiro atoms. The molecule has 0 fully saturated rings. The molecule has 6 nitrogen and oxygen atoms in total. The molecule has 0 N–H and O–H groups in total. The predicted molar refractivity (Wildman–Crippen MR) is 120 cm³/mol. The van der Waals surface area contributed by atoms with Gasteiger partial charge < -0.3 is 9.32 Å². The summed E-state index contributed by atoms with van der Waals surface area (Å²) in [5.41, 5.74) is 2.29. The van der Waals surface area contributed by atoms with Crippen LogP contribution >= 0.6 is 0 Å². The first-order valence-electron chi connectivity index (χ1n) is 10.7. The monoisotopic (exact) mass is 434 g/mol. The Morgan fingerprint density at radius 3 is 2.27 bits per heavy atom. The number of oxazole rings is 1. The number of hydrogen-bond donors (Lipinski definition) is 0. The van der Waals surface area contributed by atoms with Gasteiger partial charge in [0.25, 0.3) is 0 Å². The number of Topliss-reactive ketones (excluding diaryl/α,β-unsaturated/α-hetero) is 1. The third kappa shape index (κ3) is 7.69. The summed E-state index contributed by atoms with van der Waals surface area (Å²) in [6.45, 7) is 10.8. The lowest BCUT2D eigenvalue weighted by molar-refractivity contribution is -0.116. The van der Waals surface area contributed by atoms with E-state index >= 15 is 0 Å². The summed E-state index contributed by atoms with van der Waals surface area (Å²) in [6.07, 6.45) is 3.12. The van der Waals surface area contributed by atoms with Gasteiger partial charge >= 0.3 is 0 Å². The molecular weight excluding hydrogens is 400 g/mol. The summed E-state index contributed by atoms with van der Waals surface area (Å²) < 4.78 is 30.7. The van der Waals surface area contributed by atoms with E-state index in [1.165, 1.54) is 0 Å². The van der Waals surface area contributed by atoms with Crippen LogP contribution < -0.4 is 0 Å². The summed E-state index contributed by atoms with van der Waals surface area (Å²) in [5, 5.41) is 0. The average Bonchev–Trinajstić information content (AvgIpc) is 3.02. The van der Waals surface area contributed by atoms with Crippen LogP contribution in [0.25, 0.3) is 11.5 Å². The second-order valence-electron chi connectivity index (χ2n) is 7.90. The minimum atomic E-state index is -3.59. The van der Waals surface area contributed by atoms with Gasteiger partial charge in [0.1, 0.15) is 17.3 Å². The van der Waals surface area contributed by atoms with Crippen molar-refractivity contribution in [2.24, 2.45) is 0 Å². The molecule has 0 unspecified atom stereocenters. The number of benzene rings is 1. The van der Waals surface area contributed by atoms with Crippen LogP contribution in [-0.4, -0.2) is 49.5 Å². The molecule has 0 radical (unpaired) electrons. The van der Waals surface area contributed by atoms with Crippen LogP contribution in [0.5, 0.6) is 0 Å². The minimum absolute atomic E-state index is 0.233. The van der Waals surface area contributed by atoms with Crippen LogP contribution in [0, 0.1) is 13.8 Å². The first-order valence-corrected chi connectivity index (χ1v) is 12.5. The van der Waals surface area contributed by atoms with Gasteiger partial charge in [-0.25, -0.2) is 13.4 Å². The average molecular weight is 435 g/mol. The Morgan fingerprint density at radius 1 is 1.03 bits per heavy atom. The summed E-state index contributed by atoms with van der Waals surface area (Å²) in [7, 11) is -3.59. The van der Waals surface area contributed by atoms with Crippen LogP contribution in [0.2, 0.25) is 0 Å². The number of sulfone groups is 1. The maximum absolute atomic E-state index is 12.5. The van der Waals surface area contributed by atoms with Gasteiger partial charge in [0.2, 0.25) is 5.89 Å². The van der Waals surface area contributed by atoms with Crippen molar-refractivity contribution in [3.63, 3.8) is 0 Å². The molecule has 0 aliphatic heterocycles. The molecule has 1 aromatic carbocycles. The summed E-state index contributed by atoms with van der Waals surface area (Å²) in [4.78, 5) is 18.9. The van der Waals surface area contributed by atoms with E-state index in [0.717, 1.165) is 43.6 Å². The second kappa shape index (κ2) is 11.4. The molecule has 2 aromatic rings. The van der Waals surface area contributed by atoms with Crippen molar-refractivity contribution < 1.29 is 17.6 Å². The quantitative estimate of drug-likeness (QED) is 0.466. The Hall–Kier alpha value is -1.99. The molecule has 166 valence electrons. The van der Waals surface area contributed by atoms with E-state index in [9.17, 15) is 13.2 Å². The molecule has 7 heteroatoms. The van der Waals surface area contributed by atoms with Gasteiger partial charge in [-0.3, -0.25) is 4.79 Å². The van der Waals surface area contributed by atoms with Gasteiger partial charge in [0.05, 0.1) is 11.4 Å². The molecule has 1 heterocycles. The molecule has 0 bridgehead atoms. The molecule has 1 aromatic heterocycles. The van der Waals surface area contributed by atoms with E-state index < -0.39 is 15.6 Å². The van der Waals surface area contributed by atoms with Crippen molar-refractivity contribution in [3.05, 3.63) is 41.3 Å². The van der Waals surface area contributed by atoms with Gasteiger partial charge in [-0.15, -0.1) is 0 Å². The van der Waals surface area contributed by atoms with Gasteiger partial charge in [0.15, 0.2) is 9.84 Å². The largest absolute Gasteiger partial charge is 0.441 e. The highest BCUT2D eigenvalue weighted by molar-refractivity contribution is 7.91. The fraction of sp³-hybridized carbons (Fsp3) is 0.565. The number of hydrogen-bond acceptors (Lipinski definition) is 6. The maximum atomic E-state index is 12.5. The molecule has 0 saturated carbocycles. The van der Waals surface area contributed by atoms with Gasteiger partial charge in [0, 0.05) is 12.0 Å². The Morgan fingerprint density at radius 2 is 1.67 bits per heavy atom. The van der Waals surface area contributed by atoms with Crippen molar-refractivity contribution in [3.8, 4) is 11.5 Å². The van der Waals surface area contributed by atoms with E-state index in [1.54, 1.807) is 6.92 Å². The Bertz CT molecular complexity index is 911. The second-order valence-corrected chi connectivity index (χ2v) is 9.97. The molecule has 2 rings (SSSR count). The number of rotatable bonds is 13. The smallest absolute Gasteiger partial charge is 0.226 e. The van der Waals surface area contributed by atoms with Gasteiger partial charge in [-0.1, -0.05) is 31.5 Å². The first-order chi connectivity index (χ1) is 14.2. The normalized spacial score (nSPS) is 11.9. The van der Waals surface area contributed by atoms with E-state index in [4.69, 9.17) is 4.42 Å².